The maximum Gasteiger partial charge on any atom is 0.0931 e. The van der Waals surface area contributed by atoms with Crippen LogP contribution in [-0.4, -0.2) is 23.4 Å². The van der Waals surface area contributed by atoms with Crippen molar-refractivity contribution in [2.24, 2.45) is 0 Å². The van der Waals surface area contributed by atoms with Crippen molar-refractivity contribution in [1.82, 2.24) is 0 Å². The summed E-state index contributed by atoms with van der Waals surface area (Å²) >= 11 is 7.37. The molecule has 1 fully saturated rings. The Balaban J connectivity index is 1.99. The van der Waals surface area contributed by atoms with E-state index in [0.717, 1.165) is 28.7 Å². The van der Waals surface area contributed by atoms with Crippen LogP contribution in [-0.2, 0) is 11.2 Å². The highest BCUT2D eigenvalue weighted by atomic mass is 35.5. The summed E-state index contributed by atoms with van der Waals surface area (Å²) in [6, 6.07) is 3.83. The minimum atomic E-state index is -0.435. The van der Waals surface area contributed by atoms with Gasteiger partial charge in [-0.15, -0.1) is 11.3 Å². The molecule has 0 radical (unpaired) electrons. The number of aliphatic hydroxyl groups excluding tert-OH is 1. The average molecular weight is 247 g/mol. The first-order valence-corrected chi connectivity index (χ1v) is 6.36. The fourth-order valence-corrected chi connectivity index (χ4v) is 3.06. The molecule has 2 unspecified atom stereocenters. The molecule has 0 spiro atoms. The van der Waals surface area contributed by atoms with Gasteiger partial charge in [0.1, 0.15) is 0 Å². The number of thiophene rings is 1. The van der Waals surface area contributed by atoms with Gasteiger partial charge in [-0.05, 0) is 31.9 Å². The lowest BCUT2D eigenvalue weighted by Gasteiger charge is -2.28. The van der Waals surface area contributed by atoms with Crippen molar-refractivity contribution >= 4 is 22.9 Å². The van der Waals surface area contributed by atoms with Gasteiger partial charge in [-0.1, -0.05) is 11.6 Å². The Morgan fingerprint density at radius 1 is 1.67 bits per heavy atom. The van der Waals surface area contributed by atoms with E-state index in [0.29, 0.717) is 6.42 Å². The molecule has 2 nitrogen and oxygen atoms in total. The van der Waals surface area contributed by atoms with E-state index in [2.05, 4.69) is 0 Å². The predicted octanol–water partition coefficient (Wildman–Crippen LogP) is 2.87. The van der Waals surface area contributed by atoms with Crippen LogP contribution in [0.1, 0.15) is 24.6 Å². The Kier molecular flexibility index (Phi) is 3.36. The second kappa shape index (κ2) is 4.42. The Labute approximate surface area is 98.8 Å². The molecule has 1 N–H and O–H groups in total. The molecule has 4 heteroatoms. The third-order valence-electron chi connectivity index (χ3n) is 2.98. The van der Waals surface area contributed by atoms with E-state index >= 15 is 0 Å². The van der Waals surface area contributed by atoms with Gasteiger partial charge in [0.05, 0.1) is 16.0 Å². The van der Waals surface area contributed by atoms with Gasteiger partial charge in [-0.2, -0.15) is 0 Å². The van der Waals surface area contributed by atoms with Crippen molar-refractivity contribution < 1.29 is 9.84 Å². The first-order valence-electron chi connectivity index (χ1n) is 5.16. The summed E-state index contributed by atoms with van der Waals surface area (Å²) < 4.78 is 6.38. The minimum Gasteiger partial charge on any atom is -0.390 e. The minimum absolute atomic E-state index is 0.365. The van der Waals surface area contributed by atoms with Gasteiger partial charge in [0, 0.05) is 17.9 Å². The molecule has 0 aromatic carbocycles. The van der Waals surface area contributed by atoms with Crippen molar-refractivity contribution in [3.63, 3.8) is 0 Å². The smallest absolute Gasteiger partial charge is 0.0931 e. The number of hydrogen-bond acceptors (Lipinski definition) is 3. The summed E-state index contributed by atoms with van der Waals surface area (Å²) in [7, 11) is 0. The maximum absolute atomic E-state index is 10.1. The molecule has 2 rings (SSSR count). The number of rotatable bonds is 3. The largest absolute Gasteiger partial charge is 0.390 e. The molecular formula is C11H15ClO2S. The Hall–Kier alpha value is -0.0900. The van der Waals surface area contributed by atoms with Crippen LogP contribution in [0.4, 0.5) is 0 Å². The van der Waals surface area contributed by atoms with Gasteiger partial charge in [-0.3, -0.25) is 0 Å². The molecule has 2 heterocycles. The van der Waals surface area contributed by atoms with Crippen LogP contribution in [0.2, 0.25) is 4.34 Å². The number of halogens is 1. The highest BCUT2D eigenvalue weighted by Crippen LogP contribution is 2.32. The van der Waals surface area contributed by atoms with Crippen molar-refractivity contribution in [1.29, 1.82) is 0 Å². The molecule has 1 aliphatic heterocycles. The van der Waals surface area contributed by atoms with E-state index in [1.807, 2.05) is 19.1 Å². The van der Waals surface area contributed by atoms with Gasteiger partial charge in [0.25, 0.3) is 0 Å². The van der Waals surface area contributed by atoms with E-state index in [4.69, 9.17) is 16.3 Å². The van der Waals surface area contributed by atoms with Gasteiger partial charge < -0.3 is 9.84 Å². The Morgan fingerprint density at radius 2 is 2.47 bits per heavy atom. The lowest BCUT2D eigenvalue weighted by molar-refractivity contribution is -0.0765. The van der Waals surface area contributed by atoms with Crippen LogP contribution in [0.3, 0.4) is 0 Å². The van der Waals surface area contributed by atoms with Crippen LogP contribution in [0, 0.1) is 0 Å². The molecular weight excluding hydrogens is 232 g/mol. The molecule has 0 saturated carbocycles. The van der Waals surface area contributed by atoms with Crippen LogP contribution in [0.25, 0.3) is 0 Å². The van der Waals surface area contributed by atoms with Crippen molar-refractivity contribution in [3.8, 4) is 0 Å². The summed E-state index contributed by atoms with van der Waals surface area (Å²) in [5, 5.41) is 10.1. The zero-order chi connectivity index (χ0) is 10.9. The highest BCUT2D eigenvalue weighted by molar-refractivity contribution is 7.16. The SMILES string of the molecule is CC1(C(O)Cc2ccc(Cl)s2)CCCO1. The monoisotopic (exact) mass is 246 g/mol. The first-order chi connectivity index (χ1) is 7.10. The highest BCUT2D eigenvalue weighted by Gasteiger charge is 2.37. The van der Waals surface area contributed by atoms with Gasteiger partial charge in [0.2, 0.25) is 0 Å². The molecule has 84 valence electrons. The third-order valence-corrected chi connectivity index (χ3v) is 4.23. The predicted molar refractivity (Wildman–Crippen MR) is 62.6 cm³/mol. The standard InChI is InChI=1S/C11H15ClO2S/c1-11(5-2-6-14-11)9(13)7-8-3-4-10(12)15-8/h3-4,9,13H,2,5-7H2,1H3. The van der Waals surface area contributed by atoms with E-state index in [1.165, 1.54) is 11.3 Å². The van der Waals surface area contributed by atoms with E-state index < -0.39 is 6.10 Å². The number of ether oxygens (including phenoxy) is 1. The van der Waals surface area contributed by atoms with Crippen molar-refractivity contribution in [2.45, 2.75) is 37.9 Å². The Bertz CT molecular complexity index is 331. The van der Waals surface area contributed by atoms with Crippen molar-refractivity contribution in [3.05, 3.63) is 21.3 Å². The molecule has 1 aromatic rings. The average Bonchev–Trinajstić information content (AvgIpc) is 2.76. The molecule has 0 amide bonds. The first kappa shape index (κ1) is 11.4. The fraction of sp³-hybridized carbons (Fsp3) is 0.636. The second-order valence-corrected chi connectivity index (χ2v) is 5.99. The topological polar surface area (TPSA) is 29.5 Å². The molecule has 1 saturated heterocycles. The van der Waals surface area contributed by atoms with Gasteiger partial charge in [0.15, 0.2) is 0 Å². The summed E-state index contributed by atoms with van der Waals surface area (Å²) in [4.78, 5) is 1.12. The zero-order valence-electron chi connectivity index (χ0n) is 8.70. The molecule has 1 aliphatic rings. The fourth-order valence-electron chi connectivity index (χ4n) is 1.93. The van der Waals surface area contributed by atoms with Crippen LogP contribution < -0.4 is 0 Å². The van der Waals surface area contributed by atoms with Crippen LogP contribution in [0.15, 0.2) is 12.1 Å². The summed E-state index contributed by atoms with van der Waals surface area (Å²) in [6.07, 6.45) is 2.18. The molecule has 1 aromatic heterocycles. The second-order valence-electron chi connectivity index (χ2n) is 4.19. The third kappa shape index (κ3) is 2.53. The van der Waals surface area contributed by atoms with Crippen LogP contribution >= 0.6 is 22.9 Å². The maximum atomic E-state index is 10.1. The molecule has 2 atom stereocenters. The van der Waals surface area contributed by atoms with E-state index in [-0.39, 0.29) is 5.60 Å². The Morgan fingerprint density at radius 3 is 3.00 bits per heavy atom. The number of aliphatic hydroxyl groups is 1. The zero-order valence-corrected chi connectivity index (χ0v) is 10.3. The number of hydrogen-bond donors (Lipinski definition) is 1. The quantitative estimate of drug-likeness (QED) is 0.889. The van der Waals surface area contributed by atoms with Crippen molar-refractivity contribution in [2.75, 3.05) is 6.61 Å². The van der Waals surface area contributed by atoms with Gasteiger partial charge in [-0.25, -0.2) is 0 Å². The normalized spacial score (nSPS) is 28.2. The van der Waals surface area contributed by atoms with E-state index in [9.17, 15) is 5.11 Å². The van der Waals surface area contributed by atoms with E-state index in [1.54, 1.807) is 0 Å². The molecule has 0 bridgehead atoms. The molecule has 0 aliphatic carbocycles. The summed E-state index contributed by atoms with van der Waals surface area (Å²) in [5.74, 6) is 0. The summed E-state index contributed by atoms with van der Waals surface area (Å²) in [5.41, 5.74) is -0.365. The lowest BCUT2D eigenvalue weighted by Crippen LogP contribution is -2.39. The van der Waals surface area contributed by atoms with Gasteiger partial charge >= 0.3 is 0 Å². The molecule has 15 heavy (non-hydrogen) atoms. The lowest BCUT2D eigenvalue weighted by atomic mass is 9.93. The summed E-state index contributed by atoms with van der Waals surface area (Å²) in [6.45, 7) is 2.75. The van der Waals surface area contributed by atoms with Crippen LogP contribution in [0.5, 0.6) is 0 Å².